The minimum absolute atomic E-state index is 0.435. The molecule has 0 radical (unpaired) electrons. The zero-order valence-electron chi connectivity index (χ0n) is 19.7. The van der Waals surface area contributed by atoms with Gasteiger partial charge in [-0.25, -0.2) is 15.0 Å². The second-order valence-corrected chi connectivity index (χ2v) is 16.3. The molecule has 1 saturated heterocycles. The number of fused-ring (bicyclic) bond motifs is 1. The van der Waals surface area contributed by atoms with Gasteiger partial charge in [0, 0.05) is 57.1 Å². The zero-order valence-corrected chi connectivity index (χ0v) is 22.3. The van der Waals surface area contributed by atoms with Crippen LogP contribution in [0.5, 0.6) is 0 Å². The molecule has 0 atom stereocenters. The quantitative estimate of drug-likeness (QED) is 0.337. The molecule has 4 heterocycles. The van der Waals surface area contributed by atoms with E-state index in [-0.39, 0.29) is 0 Å². The van der Waals surface area contributed by atoms with Crippen LogP contribution < -0.4 is 4.90 Å². The van der Waals surface area contributed by atoms with Crippen molar-refractivity contribution in [2.45, 2.75) is 39.3 Å². The van der Waals surface area contributed by atoms with Gasteiger partial charge in [-0.15, -0.1) is 0 Å². The first-order chi connectivity index (χ1) is 15.2. The van der Waals surface area contributed by atoms with Crippen LogP contribution in [0.4, 0.5) is 5.82 Å². The normalized spacial score (nSPS) is 15.6. The molecule has 0 saturated carbocycles. The first-order valence-electron chi connectivity index (χ1n) is 11.2. The molecule has 1 fully saturated rings. The van der Waals surface area contributed by atoms with Gasteiger partial charge in [0.15, 0.2) is 5.65 Å². The fourth-order valence-corrected chi connectivity index (χ4v) is 4.92. The summed E-state index contributed by atoms with van der Waals surface area (Å²) in [5.74, 6) is 1.89. The van der Waals surface area contributed by atoms with Crippen molar-refractivity contribution in [2.75, 3.05) is 44.7 Å². The summed E-state index contributed by atoms with van der Waals surface area (Å²) in [6.45, 7) is 14.5. The molecule has 32 heavy (non-hydrogen) atoms. The third-order valence-electron chi connectivity index (χ3n) is 5.91. The van der Waals surface area contributed by atoms with E-state index in [2.05, 4.69) is 81.0 Å². The highest BCUT2D eigenvalue weighted by Gasteiger charge is 2.20. The maximum absolute atomic E-state index is 6.10. The van der Waals surface area contributed by atoms with Crippen molar-refractivity contribution in [3.63, 3.8) is 0 Å². The van der Waals surface area contributed by atoms with Crippen molar-refractivity contribution in [2.24, 2.45) is 0 Å². The minimum atomic E-state index is -1.14. The van der Waals surface area contributed by atoms with Gasteiger partial charge < -0.3 is 14.5 Å². The average molecular weight is 518 g/mol. The summed E-state index contributed by atoms with van der Waals surface area (Å²) < 4.78 is 9.09. The molecule has 3 aromatic heterocycles. The highest BCUT2D eigenvalue weighted by molar-refractivity contribution is 9.10. The molecule has 0 bridgehead atoms. The van der Waals surface area contributed by atoms with Gasteiger partial charge in [-0.1, -0.05) is 19.6 Å². The Morgan fingerprint density at radius 3 is 2.53 bits per heavy atom. The van der Waals surface area contributed by atoms with Crippen LogP contribution in [0.2, 0.25) is 25.7 Å². The monoisotopic (exact) mass is 516 g/mol. The number of imidazole rings is 1. The average Bonchev–Trinajstić information content (AvgIpc) is 3.08. The minimum Gasteiger partial charge on any atom is -0.361 e. The lowest BCUT2D eigenvalue weighted by molar-refractivity contribution is 0.0906. The maximum Gasteiger partial charge on any atom is 0.162 e. The fourth-order valence-electron chi connectivity index (χ4n) is 3.84. The summed E-state index contributed by atoms with van der Waals surface area (Å²) in [4.78, 5) is 19.2. The second kappa shape index (κ2) is 9.58. The summed E-state index contributed by atoms with van der Waals surface area (Å²) >= 11 is 3.52. The molecule has 7 nitrogen and oxygen atoms in total. The molecule has 1 aliphatic rings. The van der Waals surface area contributed by atoms with Crippen molar-refractivity contribution in [3.8, 4) is 11.4 Å². The number of nitrogens with zero attached hydrogens (tertiary/aromatic N) is 6. The first kappa shape index (κ1) is 23.3. The van der Waals surface area contributed by atoms with E-state index >= 15 is 0 Å². The predicted octanol–water partition coefficient (Wildman–Crippen LogP) is 4.63. The first-order valence-corrected chi connectivity index (χ1v) is 15.7. The number of halogens is 1. The number of aromatic nitrogens is 4. The Balaban J connectivity index is 1.64. The van der Waals surface area contributed by atoms with Crippen LogP contribution in [0.1, 0.15) is 5.69 Å². The van der Waals surface area contributed by atoms with Gasteiger partial charge in [0.1, 0.15) is 23.9 Å². The lowest BCUT2D eigenvalue weighted by atomic mass is 10.2. The van der Waals surface area contributed by atoms with Crippen LogP contribution in [0.3, 0.4) is 0 Å². The summed E-state index contributed by atoms with van der Waals surface area (Å²) in [7, 11) is 1.02. The van der Waals surface area contributed by atoms with Gasteiger partial charge in [0.05, 0.1) is 5.69 Å². The fraction of sp³-hybridized carbons (Fsp3) is 0.522. The Morgan fingerprint density at radius 1 is 1.09 bits per heavy atom. The van der Waals surface area contributed by atoms with Crippen molar-refractivity contribution in [3.05, 3.63) is 34.6 Å². The Bertz CT molecular complexity index is 1090. The van der Waals surface area contributed by atoms with Crippen LogP contribution >= 0.6 is 15.9 Å². The maximum atomic E-state index is 6.10. The number of rotatable bonds is 7. The molecule has 0 spiro atoms. The van der Waals surface area contributed by atoms with E-state index in [0.29, 0.717) is 6.73 Å². The van der Waals surface area contributed by atoms with Gasteiger partial charge in [0.2, 0.25) is 0 Å². The van der Waals surface area contributed by atoms with Gasteiger partial charge in [-0.2, -0.15) is 0 Å². The molecule has 172 valence electrons. The molecule has 4 rings (SSSR count). The van der Waals surface area contributed by atoms with E-state index in [1.165, 1.54) is 0 Å². The molecule has 3 aromatic rings. The van der Waals surface area contributed by atoms with Gasteiger partial charge in [0.25, 0.3) is 0 Å². The van der Waals surface area contributed by atoms with Crippen molar-refractivity contribution in [1.82, 2.24) is 24.4 Å². The van der Waals surface area contributed by atoms with Crippen molar-refractivity contribution < 1.29 is 4.74 Å². The Labute approximate surface area is 200 Å². The molecule has 0 aromatic carbocycles. The van der Waals surface area contributed by atoms with Crippen LogP contribution in [0.15, 0.2) is 28.9 Å². The van der Waals surface area contributed by atoms with Crippen LogP contribution in [0, 0.1) is 6.92 Å². The second-order valence-electron chi connectivity index (χ2n) is 9.80. The molecule has 0 N–H and O–H groups in total. The number of likely N-dealkylation sites (N-methyl/N-ethyl adjacent to an activating group) is 1. The third kappa shape index (κ3) is 5.39. The molecule has 0 amide bonds. The molecular weight excluding hydrogens is 484 g/mol. The molecule has 9 heteroatoms. The lowest BCUT2D eigenvalue weighted by Gasteiger charge is -2.33. The van der Waals surface area contributed by atoms with E-state index < -0.39 is 8.07 Å². The van der Waals surface area contributed by atoms with Crippen LogP contribution in [-0.2, 0) is 11.5 Å². The SMILES string of the molecule is Cc1nc(N2CCN(C)CC2)ccc1-c1nc2cc(Br)cnc2n1COCC[Si](C)(C)C. The molecule has 0 unspecified atom stereocenters. The highest BCUT2D eigenvalue weighted by Crippen LogP contribution is 2.29. The predicted molar refractivity (Wildman–Crippen MR) is 137 cm³/mol. The zero-order chi connectivity index (χ0) is 22.9. The molecule has 1 aliphatic heterocycles. The van der Waals surface area contributed by atoms with E-state index in [0.717, 1.165) is 77.4 Å². The number of aryl methyl sites for hydroxylation is 1. The summed E-state index contributed by atoms with van der Waals surface area (Å²) in [6, 6.07) is 7.40. The smallest absolute Gasteiger partial charge is 0.162 e. The van der Waals surface area contributed by atoms with E-state index in [9.17, 15) is 0 Å². The van der Waals surface area contributed by atoms with E-state index in [4.69, 9.17) is 14.7 Å². The topological polar surface area (TPSA) is 59.3 Å². The molecular formula is C23H33BrN6OSi. The number of hydrogen-bond acceptors (Lipinski definition) is 6. The number of piperazine rings is 1. The van der Waals surface area contributed by atoms with E-state index in [1.54, 1.807) is 0 Å². The summed E-state index contributed by atoms with van der Waals surface area (Å²) in [6.07, 6.45) is 1.81. The van der Waals surface area contributed by atoms with Gasteiger partial charge >= 0.3 is 0 Å². The number of pyridine rings is 2. The number of ether oxygens (including phenoxy) is 1. The van der Waals surface area contributed by atoms with Crippen molar-refractivity contribution in [1.29, 1.82) is 0 Å². The lowest BCUT2D eigenvalue weighted by Crippen LogP contribution is -2.44. The van der Waals surface area contributed by atoms with Gasteiger partial charge in [-0.3, -0.25) is 4.57 Å². The van der Waals surface area contributed by atoms with E-state index in [1.807, 2.05) is 12.3 Å². The number of anilines is 1. The Kier molecular flexibility index (Phi) is 6.99. The standard InChI is InChI=1S/C23H33BrN6OSi/c1-17-19(6-7-21(26-17)29-10-8-28(2)9-11-29)22-27-20-14-18(24)15-25-23(20)30(22)16-31-12-13-32(3,4)5/h6-7,14-15H,8-13,16H2,1-5H3. The van der Waals surface area contributed by atoms with Crippen LogP contribution in [0.25, 0.3) is 22.6 Å². The third-order valence-corrected chi connectivity index (χ3v) is 8.05. The van der Waals surface area contributed by atoms with Gasteiger partial charge in [-0.05, 0) is 54.1 Å². The number of hydrogen-bond donors (Lipinski definition) is 0. The molecule has 0 aliphatic carbocycles. The summed E-state index contributed by atoms with van der Waals surface area (Å²) in [5, 5.41) is 0. The Hall–Kier alpha value is -1.81. The van der Waals surface area contributed by atoms with Crippen LogP contribution in [-0.4, -0.2) is 72.3 Å². The van der Waals surface area contributed by atoms with Crippen molar-refractivity contribution >= 4 is 41.0 Å². The summed E-state index contributed by atoms with van der Waals surface area (Å²) in [5.41, 5.74) is 3.68. The highest BCUT2D eigenvalue weighted by atomic mass is 79.9. The Morgan fingerprint density at radius 2 is 1.84 bits per heavy atom. The largest absolute Gasteiger partial charge is 0.361 e.